The van der Waals surface area contributed by atoms with E-state index in [1.54, 1.807) is 11.6 Å². The largest absolute Gasteiger partial charge is 0.460 e. The van der Waals surface area contributed by atoms with Crippen molar-refractivity contribution >= 4 is 34.5 Å². The maximum absolute atomic E-state index is 13.0. The van der Waals surface area contributed by atoms with E-state index in [0.29, 0.717) is 24.3 Å². The maximum atomic E-state index is 13.0. The van der Waals surface area contributed by atoms with Crippen LogP contribution in [-0.2, 0) is 26.2 Å². The first kappa shape index (κ1) is 24.0. The molecule has 0 spiro atoms. The Bertz CT molecular complexity index is 1190. The Morgan fingerprint density at radius 3 is 2.53 bits per heavy atom. The van der Waals surface area contributed by atoms with Gasteiger partial charge in [-0.2, -0.15) is 0 Å². The lowest BCUT2D eigenvalue weighted by molar-refractivity contribution is -0.156. The van der Waals surface area contributed by atoms with Gasteiger partial charge in [0, 0.05) is 38.7 Å². The van der Waals surface area contributed by atoms with Crippen molar-refractivity contribution in [1.82, 2.24) is 14.5 Å². The van der Waals surface area contributed by atoms with E-state index in [1.807, 2.05) is 39.0 Å². The first-order valence-corrected chi connectivity index (χ1v) is 12.0. The number of nitrogens with zero attached hydrogens (tertiary/aromatic N) is 3. The molecule has 2 saturated heterocycles. The van der Waals surface area contributed by atoms with Gasteiger partial charge >= 0.3 is 11.7 Å². The number of nitrogens with one attached hydrogen (secondary N) is 1. The molecule has 1 unspecified atom stereocenters. The molecule has 34 heavy (non-hydrogen) atoms. The number of imidazole rings is 1. The van der Waals surface area contributed by atoms with Gasteiger partial charge in [0.15, 0.2) is 0 Å². The highest BCUT2D eigenvalue weighted by atomic mass is 16.6. The van der Waals surface area contributed by atoms with E-state index < -0.39 is 17.6 Å². The van der Waals surface area contributed by atoms with Gasteiger partial charge in [-0.05, 0) is 63.6 Å². The van der Waals surface area contributed by atoms with Gasteiger partial charge in [-0.1, -0.05) is 6.92 Å². The molecule has 0 aliphatic carbocycles. The molecule has 2 aliphatic rings. The molecule has 2 aliphatic heterocycles. The number of esters is 1. The Morgan fingerprint density at radius 2 is 1.88 bits per heavy atom. The standard InChI is InChI=1S/C25H34N4O5/c1-15-14-28(11-10-16(15)12-22(31)34-25(2,3)4)17-6-7-18-20(13-17)27(5)24(33)29(18)19-8-9-21(30)26-23(19)32/h6-7,13,15-16,19H,8-12,14H2,1-5H3,(H,26,30,32)/t15-,16+,19?/m1/s1. The Balaban J connectivity index is 1.52. The fourth-order valence-electron chi connectivity index (χ4n) is 5.11. The van der Waals surface area contributed by atoms with Crippen molar-refractivity contribution < 1.29 is 19.1 Å². The van der Waals surface area contributed by atoms with Gasteiger partial charge in [0.05, 0.1) is 11.0 Å². The molecule has 3 heterocycles. The molecule has 184 valence electrons. The van der Waals surface area contributed by atoms with E-state index in [4.69, 9.17) is 4.74 Å². The summed E-state index contributed by atoms with van der Waals surface area (Å²) in [5, 5.41) is 2.34. The minimum Gasteiger partial charge on any atom is -0.460 e. The highest BCUT2D eigenvalue weighted by Gasteiger charge is 2.32. The van der Waals surface area contributed by atoms with E-state index >= 15 is 0 Å². The lowest BCUT2D eigenvalue weighted by Crippen LogP contribution is -2.44. The van der Waals surface area contributed by atoms with Crippen LogP contribution < -0.4 is 15.9 Å². The van der Waals surface area contributed by atoms with E-state index in [2.05, 4.69) is 17.1 Å². The van der Waals surface area contributed by atoms with E-state index in [1.165, 1.54) is 4.57 Å². The lowest BCUT2D eigenvalue weighted by atomic mass is 9.84. The number of carbonyl (C=O) groups is 3. The average molecular weight is 471 g/mol. The predicted molar refractivity (Wildman–Crippen MR) is 129 cm³/mol. The lowest BCUT2D eigenvalue weighted by Gasteiger charge is -2.38. The van der Waals surface area contributed by atoms with E-state index in [9.17, 15) is 19.2 Å². The smallest absolute Gasteiger partial charge is 0.329 e. The minimum absolute atomic E-state index is 0.149. The van der Waals surface area contributed by atoms with Gasteiger partial charge in [0.1, 0.15) is 11.6 Å². The molecule has 3 atom stereocenters. The average Bonchev–Trinajstić information content (AvgIpc) is 2.98. The number of benzene rings is 1. The Kier molecular flexibility index (Phi) is 6.31. The quantitative estimate of drug-likeness (QED) is 0.544. The van der Waals surface area contributed by atoms with Gasteiger partial charge < -0.3 is 9.64 Å². The van der Waals surface area contributed by atoms with Crippen molar-refractivity contribution in [2.24, 2.45) is 18.9 Å². The van der Waals surface area contributed by atoms with Crippen molar-refractivity contribution in [3.05, 3.63) is 28.7 Å². The molecule has 1 N–H and O–H groups in total. The van der Waals surface area contributed by atoms with E-state index in [-0.39, 0.29) is 29.9 Å². The molecule has 9 heteroatoms. The number of aromatic nitrogens is 2. The third-order valence-corrected chi connectivity index (χ3v) is 6.89. The highest BCUT2D eigenvalue weighted by Crippen LogP contribution is 2.32. The molecule has 1 aromatic carbocycles. The van der Waals surface area contributed by atoms with Crippen LogP contribution in [0.1, 0.15) is 59.4 Å². The summed E-state index contributed by atoms with van der Waals surface area (Å²) < 4.78 is 8.56. The van der Waals surface area contributed by atoms with Gasteiger partial charge in [-0.25, -0.2) is 4.79 Å². The van der Waals surface area contributed by atoms with Crippen LogP contribution in [0, 0.1) is 11.8 Å². The van der Waals surface area contributed by atoms with Crippen LogP contribution in [0.3, 0.4) is 0 Å². The second kappa shape index (κ2) is 8.92. The number of ether oxygens (including phenoxy) is 1. The van der Waals surface area contributed by atoms with Gasteiger partial charge in [-0.15, -0.1) is 0 Å². The molecule has 1 aromatic heterocycles. The number of carbonyl (C=O) groups excluding carboxylic acids is 3. The SMILES string of the molecule is C[C@@H]1CN(c2ccc3c(c2)n(C)c(=O)n3C2CCC(=O)NC2=O)CC[C@H]1CC(=O)OC(C)(C)C. The number of hydrogen-bond donors (Lipinski definition) is 1. The molecule has 0 radical (unpaired) electrons. The number of rotatable bonds is 4. The molecular weight excluding hydrogens is 436 g/mol. The summed E-state index contributed by atoms with van der Waals surface area (Å²) in [5.41, 5.74) is 1.68. The summed E-state index contributed by atoms with van der Waals surface area (Å²) in [6, 6.07) is 5.15. The Labute approximate surface area is 199 Å². The van der Waals surface area contributed by atoms with Crippen LogP contribution in [0.15, 0.2) is 23.0 Å². The molecule has 0 bridgehead atoms. The summed E-state index contributed by atoms with van der Waals surface area (Å²) in [6.07, 6.45) is 1.84. The summed E-state index contributed by atoms with van der Waals surface area (Å²) in [4.78, 5) is 51.5. The predicted octanol–water partition coefficient (Wildman–Crippen LogP) is 2.51. The van der Waals surface area contributed by atoms with Crippen LogP contribution in [0.5, 0.6) is 0 Å². The van der Waals surface area contributed by atoms with Crippen molar-refractivity contribution in [2.45, 2.75) is 65.0 Å². The van der Waals surface area contributed by atoms with E-state index in [0.717, 1.165) is 30.7 Å². The molecule has 4 rings (SSSR count). The summed E-state index contributed by atoms with van der Waals surface area (Å²) in [7, 11) is 1.70. The number of piperidine rings is 2. The second-order valence-corrected chi connectivity index (χ2v) is 10.6. The Morgan fingerprint density at radius 1 is 1.15 bits per heavy atom. The summed E-state index contributed by atoms with van der Waals surface area (Å²) in [6.45, 7) is 9.43. The first-order valence-electron chi connectivity index (χ1n) is 12.0. The molecule has 9 nitrogen and oxygen atoms in total. The van der Waals surface area contributed by atoms with Crippen LogP contribution >= 0.6 is 0 Å². The molecule has 2 fully saturated rings. The molecule has 0 saturated carbocycles. The number of hydrogen-bond acceptors (Lipinski definition) is 6. The number of imide groups is 1. The number of amides is 2. The molecule has 2 aromatic rings. The third-order valence-electron chi connectivity index (χ3n) is 6.89. The van der Waals surface area contributed by atoms with Gasteiger partial charge in [0.25, 0.3) is 0 Å². The summed E-state index contributed by atoms with van der Waals surface area (Å²) in [5.74, 6) is -0.303. The van der Waals surface area contributed by atoms with Crippen LogP contribution in [0.25, 0.3) is 11.0 Å². The monoisotopic (exact) mass is 470 g/mol. The minimum atomic E-state index is -0.691. The zero-order chi connectivity index (χ0) is 24.8. The zero-order valence-corrected chi connectivity index (χ0v) is 20.6. The fourth-order valence-corrected chi connectivity index (χ4v) is 5.11. The first-order chi connectivity index (χ1) is 15.9. The fraction of sp³-hybridized carbons (Fsp3) is 0.600. The second-order valence-electron chi connectivity index (χ2n) is 10.6. The number of fused-ring (bicyclic) bond motifs is 1. The summed E-state index contributed by atoms with van der Waals surface area (Å²) >= 11 is 0. The van der Waals surface area contributed by atoms with Crippen LogP contribution in [-0.4, -0.2) is 45.6 Å². The third kappa shape index (κ3) is 4.74. The number of aryl methyl sites for hydroxylation is 1. The van der Waals surface area contributed by atoms with Crippen LogP contribution in [0.2, 0.25) is 0 Å². The van der Waals surface area contributed by atoms with Crippen molar-refractivity contribution in [3.8, 4) is 0 Å². The van der Waals surface area contributed by atoms with Gasteiger partial charge in [0.2, 0.25) is 11.8 Å². The van der Waals surface area contributed by atoms with Gasteiger partial charge in [-0.3, -0.25) is 28.8 Å². The molecule has 2 amide bonds. The Hall–Kier alpha value is -3.10. The van der Waals surface area contributed by atoms with Crippen molar-refractivity contribution in [1.29, 1.82) is 0 Å². The van der Waals surface area contributed by atoms with Crippen LogP contribution in [0.4, 0.5) is 5.69 Å². The van der Waals surface area contributed by atoms with Crippen molar-refractivity contribution in [3.63, 3.8) is 0 Å². The number of anilines is 1. The van der Waals surface area contributed by atoms with Crippen molar-refractivity contribution in [2.75, 3.05) is 18.0 Å². The topological polar surface area (TPSA) is 103 Å². The maximum Gasteiger partial charge on any atom is 0.329 e. The zero-order valence-electron chi connectivity index (χ0n) is 20.6. The highest BCUT2D eigenvalue weighted by molar-refractivity contribution is 6.00. The normalized spacial score (nSPS) is 23.8. The molecular formula is C25H34N4O5.